The molecule has 1 aliphatic rings. The van der Waals surface area contributed by atoms with E-state index in [1.165, 1.54) is 5.56 Å². The van der Waals surface area contributed by atoms with Crippen LogP contribution in [0.3, 0.4) is 0 Å². The summed E-state index contributed by atoms with van der Waals surface area (Å²) >= 11 is 0. The summed E-state index contributed by atoms with van der Waals surface area (Å²) in [6.45, 7) is 2.75. The zero-order valence-electron chi connectivity index (χ0n) is 8.50. The van der Waals surface area contributed by atoms with E-state index in [0.717, 1.165) is 17.9 Å². The number of benzene rings is 1. The molecule has 0 saturated heterocycles. The van der Waals surface area contributed by atoms with Crippen LogP contribution >= 0.6 is 0 Å². The first-order valence-electron chi connectivity index (χ1n) is 4.79. The lowest BCUT2D eigenvalue weighted by atomic mass is 10.2. The number of aryl methyl sites for hydroxylation is 1. The molecule has 0 aromatic heterocycles. The molecule has 1 N–H and O–H groups in total. The zero-order chi connectivity index (χ0) is 10.1. The first-order valence-corrected chi connectivity index (χ1v) is 4.79. The Kier molecular flexibility index (Phi) is 2.15. The minimum atomic E-state index is 0.168. The summed E-state index contributed by atoms with van der Waals surface area (Å²) in [7, 11) is 1.83. The van der Waals surface area contributed by atoms with Gasteiger partial charge in [-0.05, 0) is 24.6 Å². The highest BCUT2D eigenvalue weighted by molar-refractivity contribution is 5.97. The van der Waals surface area contributed by atoms with Crippen molar-refractivity contribution in [1.82, 2.24) is 0 Å². The maximum atomic E-state index is 11.6. The second-order valence-electron chi connectivity index (χ2n) is 3.65. The molecule has 0 fully saturated rings. The van der Waals surface area contributed by atoms with Crippen molar-refractivity contribution in [3.8, 4) is 0 Å². The Morgan fingerprint density at radius 2 is 2.21 bits per heavy atom. The highest BCUT2D eigenvalue weighted by Gasteiger charge is 2.17. The molecule has 3 nitrogen and oxygen atoms in total. The van der Waals surface area contributed by atoms with Gasteiger partial charge >= 0.3 is 0 Å². The number of fused-ring (bicyclic) bond motifs is 1. The van der Waals surface area contributed by atoms with Gasteiger partial charge in [0.25, 0.3) is 0 Å². The predicted molar refractivity (Wildman–Crippen MR) is 57.7 cm³/mol. The van der Waals surface area contributed by atoms with Crippen LogP contribution in [0.25, 0.3) is 0 Å². The van der Waals surface area contributed by atoms with E-state index in [2.05, 4.69) is 11.4 Å². The third-order valence-corrected chi connectivity index (χ3v) is 2.54. The van der Waals surface area contributed by atoms with Crippen LogP contribution in [0.5, 0.6) is 0 Å². The monoisotopic (exact) mass is 190 g/mol. The molecule has 0 aliphatic carbocycles. The Hall–Kier alpha value is -1.51. The molecule has 2 rings (SSSR count). The van der Waals surface area contributed by atoms with Gasteiger partial charge in [0.1, 0.15) is 0 Å². The second-order valence-corrected chi connectivity index (χ2v) is 3.65. The van der Waals surface area contributed by atoms with Crippen molar-refractivity contribution in [2.45, 2.75) is 13.3 Å². The van der Waals surface area contributed by atoms with E-state index >= 15 is 0 Å². The number of hydrogen-bond acceptors (Lipinski definition) is 2. The van der Waals surface area contributed by atoms with Crippen LogP contribution in [0.2, 0.25) is 0 Å². The molecule has 0 radical (unpaired) electrons. The second kappa shape index (κ2) is 3.33. The van der Waals surface area contributed by atoms with Gasteiger partial charge in [-0.25, -0.2) is 0 Å². The molecule has 0 spiro atoms. The van der Waals surface area contributed by atoms with Crippen molar-refractivity contribution in [3.05, 3.63) is 23.8 Å². The molecule has 74 valence electrons. The molecule has 3 heteroatoms. The molecule has 1 amide bonds. The Bertz CT molecular complexity index is 374. The summed E-state index contributed by atoms with van der Waals surface area (Å²) < 4.78 is 0. The van der Waals surface area contributed by atoms with E-state index in [0.29, 0.717) is 6.42 Å². The summed E-state index contributed by atoms with van der Waals surface area (Å²) in [6, 6.07) is 6.11. The van der Waals surface area contributed by atoms with Crippen molar-refractivity contribution in [3.63, 3.8) is 0 Å². The molecular weight excluding hydrogens is 176 g/mol. The van der Waals surface area contributed by atoms with Crippen molar-refractivity contribution in [2.24, 2.45) is 0 Å². The zero-order valence-corrected chi connectivity index (χ0v) is 8.50. The van der Waals surface area contributed by atoms with Crippen LogP contribution in [-0.2, 0) is 4.79 Å². The van der Waals surface area contributed by atoms with Gasteiger partial charge < -0.3 is 10.2 Å². The smallest absolute Gasteiger partial charge is 0.228 e. The molecule has 1 aliphatic heterocycles. The standard InChI is InChI=1S/C11H14N2O/c1-8-3-4-9-10(7-8)13(2)11(14)5-6-12-9/h3-4,7,12H,5-6H2,1-2H3. The SMILES string of the molecule is Cc1ccc2c(c1)N(C)C(=O)CCN2. The molecule has 0 bridgehead atoms. The maximum absolute atomic E-state index is 11.6. The predicted octanol–water partition coefficient (Wildman–Crippen LogP) is 1.77. The normalized spacial score (nSPS) is 15.9. The third kappa shape index (κ3) is 1.45. The number of carbonyl (C=O) groups excluding carboxylic acids is 1. The van der Waals surface area contributed by atoms with E-state index < -0.39 is 0 Å². The molecule has 0 atom stereocenters. The Balaban J connectivity index is 2.49. The molecule has 1 heterocycles. The minimum absolute atomic E-state index is 0.168. The van der Waals surface area contributed by atoms with E-state index in [9.17, 15) is 4.79 Å². The Morgan fingerprint density at radius 1 is 1.43 bits per heavy atom. The number of nitrogens with zero attached hydrogens (tertiary/aromatic N) is 1. The molecule has 14 heavy (non-hydrogen) atoms. The van der Waals surface area contributed by atoms with Gasteiger partial charge in [0.15, 0.2) is 0 Å². The van der Waals surface area contributed by atoms with Crippen molar-refractivity contribution >= 4 is 17.3 Å². The van der Waals surface area contributed by atoms with Crippen LogP contribution in [-0.4, -0.2) is 19.5 Å². The van der Waals surface area contributed by atoms with E-state index in [1.807, 2.05) is 26.1 Å². The fourth-order valence-corrected chi connectivity index (χ4v) is 1.67. The molecule has 1 aromatic rings. The number of hydrogen-bond donors (Lipinski definition) is 1. The average molecular weight is 190 g/mol. The Morgan fingerprint density at radius 3 is 3.00 bits per heavy atom. The van der Waals surface area contributed by atoms with Crippen LogP contribution in [0, 0.1) is 6.92 Å². The van der Waals surface area contributed by atoms with Crippen molar-refractivity contribution in [2.75, 3.05) is 23.8 Å². The summed E-state index contributed by atoms with van der Waals surface area (Å²) in [5.41, 5.74) is 3.20. The lowest BCUT2D eigenvalue weighted by Gasteiger charge is -2.17. The maximum Gasteiger partial charge on any atom is 0.228 e. The van der Waals surface area contributed by atoms with Gasteiger partial charge in [0, 0.05) is 20.0 Å². The number of nitrogens with one attached hydrogen (secondary N) is 1. The number of anilines is 2. The fraction of sp³-hybridized carbons (Fsp3) is 0.364. The summed E-state index contributed by atoms with van der Waals surface area (Å²) in [4.78, 5) is 13.3. The molecule has 1 aromatic carbocycles. The first-order chi connectivity index (χ1) is 6.68. The fourth-order valence-electron chi connectivity index (χ4n) is 1.67. The molecular formula is C11H14N2O. The van der Waals surface area contributed by atoms with Crippen molar-refractivity contribution in [1.29, 1.82) is 0 Å². The quantitative estimate of drug-likeness (QED) is 0.676. The number of rotatable bonds is 0. The number of amides is 1. The highest BCUT2D eigenvalue weighted by Crippen LogP contribution is 2.28. The van der Waals surface area contributed by atoms with Gasteiger partial charge in [-0.3, -0.25) is 4.79 Å². The lowest BCUT2D eigenvalue weighted by molar-refractivity contribution is -0.118. The van der Waals surface area contributed by atoms with Gasteiger partial charge in [-0.2, -0.15) is 0 Å². The topological polar surface area (TPSA) is 32.3 Å². The highest BCUT2D eigenvalue weighted by atomic mass is 16.2. The van der Waals surface area contributed by atoms with E-state index in [1.54, 1.807) is 4.90 Å². The average Bonchev–Trinajstić information content (AvgIpc) is 2.30. The van der Waals surface area contributed by atoms with Crippen LogP contribution in [0.1, 0.15) is 12.0 Å². The molecule has 0 saturated carbocycles. The number of carbonyl (C=O) groups is 1. The van der Waals surface area contributed by atoms with Gasteiger partial charge in [-0.15, -0.1) is 0 Å². The third-order valence-electron chi connectivity index (χ3n) is 2.54. The van der Waals surface area contributed by atoms with Crippen LogP contribution in [0.15, 0.2) is 18.2 Å². The van der Waals surface area contributed by atoms with Gasteiger partial charge in [-0.1, -0.05) is 6.07 Å². The first kappa shape index (κ1) is 9.06. The van der Waals surface area contributed by atoms with Crippen LogP contribution in [0.4, 0.5) is 11.4 Å². The summed E-state index contributed by atoms with van der Waals surface area (Å²) in [6.07, 6.45) is 0.560. The summed E-state index contributed by atoms with van der Waals surface area (Å²) in [5, 5.41) is 3.25. The Labute approximate surface area is 83.7 Å². The van der Waals surface area contributed by atoms with Gasteiger partial charge in [0.05, 0.1) is 11.4 Å². The van der Waals surface area contributed by atoms with Crippen molar-refractivity contribution < 1.29 is 4.79 Å². The van der Waals surface area contributed by atoms with E-state index in [-0.39, 0.29) is 5.91 Å². The van der Waals surface area contributed by atoms with Crippen LogP contribution < -0.4 is 10.2 Å². The lowest BCUT2D eigenvalue weighted by Crippen LogP contribution is -2.25. The summed E-state index contributed by atoms with van der Waals surface area (Å²) in [5.74, 6) is 0.168. The largest absolute Gasteiger partial charge is 0.383 e. The van der Waals surface area contributed by atoms with Gasteiger partial charge in [0.2, 0.25) is 5.91 Å². The minimum Gasteiger partial charge on any atom is -0.383 e. The van der Waals surface area contributed by atoms with E-state index in [4.69, 9.17) is 0 Å². The molecule has 0 unspecified atom stereocenters.